The summed E-state index contributed by atoms with van der Waals surface area (Å²) in [6.07, 6.45) is 3.40. The number of hydrogen-bond acceptors (Lipinski definition) is 5. The van der Waals surface area contributed by atoms with Gasteiger partial charge in [-0.3, -0.25) is 4.79 Å². The van der Waals surface area contributed by atoms with Gasteiger partial charge in [0.1, 0.15) is 16.6 Å². The number of aliphatic hydroxyl groups is 2. The average Bonchev–Trinajstić information content (AvgIpc) is 2.41. The molecule has 1 aliphatic heterocycles. The lowest BCUT2D eigenvalue weighted by atomic mass is 9.59. The van der Waals surface area contributed by atoms with Crippen LogP contribution in [-0.2, 0) is 14.3 Å². The highest BCUT2D eigenvalue weighted by molar-refractivity contribution is 5.84. The van der Waals surface area contributed by atoms with Gasteiger partial charge in [-0.1, -0.05) is 6.08 Å². The maximum Gasteiger partial charge on any atom is 0.328 e. The van der Waals surface area contributed by atoms with E-state index in [1.54, 1.807) is 20.8 Å². The number of rotatable bonds is 3. The third-order valence-corrected chi connectivity index (χ3v) is 4.62. The molecule has 0 radical (unpaired) electrons. The molecule has 1 saturated carbocycles. The Morgan fingerprint density at radius 1 is 1.38 bits per heavy atom. The molecule has 2 bridgehead atoms. The first kappa shape index (κ1) is 15.7. The van der Waals surface area contributed by atoms with Crippen LogP contribution in [0.4, 0.5) is 0 Å². The normalized spacial score (nSPS) is 43.2. The molecule has 21 heavy (non-hydrogen) atoms. The third-order valence-electron chi connectivity index (χ3n) is 4.62. The Kier molecular flexibility index (Phi) is 3.50. The summed E-state index contributed by atoms with van der Waals surface area (Å²) in [5, 5.41) is 29.6. The van der Waals surface area contributed by atoms with Crippen LogP contribution in [0.3, 0.4) is 0 Å². The number of carboxylic acids is 1. The Morgan fingerprint density at radius 3 is 2.52 bits per heavy atom. The van der Waals surface area contributed by atoms with E-state index in [1.165, 1.54) is 12.2 Å². The largest absolute Gasteiger partial charge is 0.478 e. The maximum absolute atomic E-state index is 12.1. The predicted octanol–water partition coefficient (Wildman–Crippen LogP) is 0.781. The van der Waals surface area contributed by atoms with Crippen molar-refractivity contribution in [3.8, 4) is 0 Å². The molecule has 1 aliphatic carbocycles. The van der Waals surface area contributed by atoms with Gasteiger partial charge in [0, 0.05) is 12.5 Å². The number of carboxylic acid groups (broad SMARTS) is 1. The Labute approximate surface area is 122 Å². The van der Waals surface area contributed by atoms with E-state index < -0.39 is 34.7 Å². The van der Waals surface area contributed by atoms with Gasteiger partial charge in [0.05, 0.1) is 6.10 Å². The first-order chi connectivity index (χ1) is 9.54. The van der Waals surface area contributed by atoms with Gasteiger partial charge < -0.3 is 20.1 Å². The van der Waals surface area contributed by atoms with Gasteiger partial charge in [0.2, 0.25) is 0 Å². The second-order valence-electron chi connectivity index (χ2n) is 6.34. The lowest BCUT2D eigenvalue weighted by Crippen LogP contribution is -2.61. The molecule has 0 aromatic carbocycles. The number of carbonyl (C=O) groups is 2. The first-order valence-corrected chi connectivity index (χ1v) is 6.78. The van der Waals surface area contributed by atoms with Crippen molar-refractivity contribution in [2.45, 2.75) is 50.9 Å². The van der Waals surface area contributed by atoms with Crippen molar-refractivity contribution >= 4 is 11.9 Å². The summed E-state index contributed by atoms with van der Waals surface area (Å²) in [5.41, 5.74) is -3.64. The highest BCUT2D eigenvalue weighted by Crippen LogP contribution is 2.58. The monoisotopic (exact) mass is 296 g/mol. The lowest BCUT2D eigenvalue weighted by molar-refractivity contribution is -0.156. The Morgan fingerprint density at radius 2 is 2.00 bits per heavy atom. The highest BCUT2D eigenvalue weighted by Gasteiger charge is 2.72. The number of carbonyl (C=O) groups excluding carboxylic acids is 1. The minimum atomic E-state index is -1.59. The molecule has 1 saturated heterocycles. The second-order valence-corrected chi connectivity index (χ2v) is 6.34. The molecule has 6 nitrogen and oxygen atoms in total. The second kappa shape index (κ2) is 4.68. The van der Waals surface area contributed by atoms with Gasteiger partial charge in [-0.05, 0) is 38.8 Å². The minimum Gasteiger partial charge on any atom is -0.478 e. The number of aliphatic hydroxyl groups excluding tert-OH is 1. The summed E-state index contributed by atoms with van der Waals surface area (Å²) in [4.78, 5) is 22.7. The molecule has 2 rings (SSSR count). The fourth-order valence-electron chi connectivity index (χ4n) is 3.42. The van der Waals surface area contributed by atoms with Crippen molar-refractivity contribution in [1.29, 1.82) is 0 Å². The van der Waals surface area contributed by atoms with Crippen LogP contribution in [0.2, 0.25) is 0 Å². The SMILES string of the molecule is CC(C=CC1(O)C2(C)CC(O)CC1(C)C(=O)O2)=CC(=O)O. The van der Waals surface area contributed by atoms with E-state index in [4.69, 9.17) is 9.84 Å². The van der Waals surface area contributed by atoms with Crippen LogP contribution in [0.5, 0.6) is 0 Å². The molecule has 2 aliphatic rings. The average molecular weight is 296 g/mol. The molecule has 0 amide bonds. The van der Waals surface area contributed by atoms with E-state index in [2.05, 4.69) is 0 Å². The van der Waals surface area contributed by atoms with Crippen LogP contribution in [-0.4, -0.2) is 44.6 Å². The third kappa shape index (κ3) is 2.18. The summed E-state index contributed by atoms with van der Waals surface area (Å²) < 4.78 is 5.34. The van der Waals surface area contributed by atoms with Crippen LogP contribution in [0.15, 0.2) is 23.8 Å². The highest BCUT2D eigenvalue weighted by atomic mass is 16.6. The van der Waals surface area contributed by atoms with E-state index in [1.807, 2.05) is 0 Å². The summed E-state index contributed by atoms with van der Waals surface area (Å²) in [5.74, 6) is -1.63. The quantitative estimate of drug-likeness (QED) is 0.404. The van der Waals surface area contributed by atoms with Gasteiger partial charge in [-0.25, -0.2) is 4.79 Å². The van der Waals surface area contributed by atoms with Gasteiger partial charge in [0.25, 0.3) is 0 Å². The van der Waals surface area contributed by atoms with Gasteiger partial charge in [-0.15, -0.1) is 0 Å². The van der Waals surface area contributed by atoms with E-state index >= 15 is 0 Å². The standard InChI is InChI=1S/C15H20O6/c1-9(6-11(17)18)4-5-15(20)13(2)7-10(16)8-14(15,3)21-12(13)19/h4-6,10,16,20H,7-8H2,1-3H3,(H,17,18). The van der Waals surface area contributed by atoms with Crippen LogP contribution in [0, 0.1) is 5.41 Å². The van der Waals surface area contributed by atoms with Crippen LogP contribution >= 0.6 is 0 Å². The topological polar surface area (TPSA) is 104 Å². The zero-order valence-corrected chi connectivity index (χ0v) is 12.3. The molecule has 0 aromatic heterocycles. The number of allylic oxidation sites excluding steroid dienone is 2. The van der Waals surface area contributed by atoms with Crippen molar-refractivity contribution in [2.75, 3.05) is 0 Å². The molecule has 1 heterocycles. The molecule has 3 N–H and O–H groups in total. The number of aliphatic carboxylic acids is 1. The molecular weight excluding hydrogens is 276 g/mol. The van der Waals surface area contributed by atoms with Gasteiger partial charge in [0.15, 0.2) is 0 Å². The molecule has 2 fully saturated rings. The fraction of sp³-hybridized carbons (Fsp3) is 0.600. The number of fused-ring (bicyclic) bond motifs is 2. The minimum absolute atomic E-state index is 0.101. The van der Waals surface area contributed by atoms with E-state index in [0.717, 1.165) is 6.08 Å². The summed E-state index contributed by atoms with van der Waals surface area (Å²) in [6.45, 7) is 4.73. The van der Waals surface area contributed by atoms with E-state index in [0.29, 0.717) is 5.57 Å². The van der Waals surface area contributed by atoms with E-state index in [9.17, 15) is 19.8 Å². The number of ether oxygens (including phenoxy) is 1. The Bertz CT molecular complexity index is 550. The van der Waals surface area contributed by atoms with Gasteiger partial charge in [-0.2, -0.15) is 0 Å². The predicted molar refractivity (Wildman–Crippen MR) is 73.3 cm³/mol. The Balaban J connectivity index is 2.43. The van der Waals surface area contributed by atoms with Crippen molar-refractivity contribution < 1.29 is 29.6 Å². The molecule has 6 heteroatoms. The van der Waals surface area contributed by atoms with Crippen molar-refractivity contribution in [1.82, 2.24) is 0 Å². The fourth-order valence-corrected chi connectivity index (χ4v) is 3.42. The molecule has 4 atom stereocenters. The number of esters is 1. The summed E-state index contributed by atoms with van der Waals surface area (Å²) in [7, 11) is 0. The smallest absolute Gasteiger partial charge is 0.328 e. The summed E-state index contributed by atoms with van der Waals surface area (Å²) in [6, 6.07) is 0. The maximum atomic E-state index is 12.1. The van der Waals surface area contributed by atoms with Gasteiger partial charge >= 0.3 is 11.9 Å². The molecule has 0 spiro atoms. The van der Waals surface area contributed by atoms with Crippen LogP contribution in [0.25, 0.3) is 0 Å². The summed E-state index contributed by atoms with van der Waals surface area (Å²) >= 11 is 0. The zero-order chi connectivity index (χ0) is 16.1. The first-order valence-electron chi connectivity index (χ1n) is 6.78. The molecule has 116 valence electrons. The number of hydrogen-bond donors (Lipinski definition) is 3. The zero-order valence-electron chi connectivity index (χ0n) is 12.3. The van der Waals surface area contributed by atoms with Crippen molar-refractivity contribution in [3.05, 3.63) is 23.8 Å². The molecular formula is C15H20O6. The van der Waals surface area contributed by atoms with Crippen LogP contribution in [0.1, 0.15) is 33.6 Å². The molecule has 4 unspecified atom stereocenters. The molecule has 0 aromatic rings. The van der Waals surface area contributed by atoms with Crippen LogP contribution < -0.4 is 0 Å². The van der Waals surface area contributed by atoms with E-state index in [-0.39, 0.29) is 12.8 Å². The lowest BCUT2D eigenvalue weighted by Gasteiger charge is -2.47. The van der Waals surface area contributed by atoms with Crippen molar-refractivity contribution in [2.24, 2.45) is 5.41 Å². The van der Waals surface area contributed by atoms with Crippen molar-refractivity contribution in [3.63, 3.8) is 0 Å². The Hall–Kier alpha value is -1.66.